The van der Waals surface area contributed by atoms with Gasteiger partial charge in [-0.2, -0.15) is 0 Å². The Morgan fingerprint density at radius 3 is 2.91 bits per heavy atom. The maximum Gasteiger partial charge on any atom is 0.324 e. The normalized spacial score (nSPS) is 15.0. The number of urea groups is 1. The maximum absolute atomic E-state index is 11.5. The number of carbonyl (C=O) groups is 2. The zero-order chi connectivity index (χ0) is 15.8. The van der Waals surface area contributed by atoms with Gasteiger partial charge in [-0.15, -0.1) is 0 Å². The summed E-state index contributed by atoms with van der Waals surface area (Å²) in [5.74, 6) is 0.419. The fraction of sp³-hybridized carbons (Fsp3) is 0.429. The SMILES string of the molecule is CCNC(=NCc1ccccn1)NCCN1C(=O)CNC1=O. The number of rotatable bonds is 6. The highest BCUT2D eigenvalue weighted by Gasteiger charge is 2.27. The van der Waals surface area contributed by atoms with Crippen molar-refractivity contribution in [2.45, 2.75) is 13.5 Å². The van der Waals surface area contributed by atoms with Crippen molar-refractivity contribution in [1.82, 2.24) is 25.8 Å². The molecule has 2 rings (SSSR count). The highest BCUT2D eigenvalue weighted by Crippen LogP contribution is 1.97. The first-order chi connectivity index (χ1) is 10.7. The molecule has 1 fully saturated rings. The Bertz CT molecular complexity index is 530. The van der Waals surface area contributed by atoms with Crippen LogP contribution in [0.5, 0.6) is 0 Å². The molecule has 3 N–H and O–H groups in total. The van der Waals surface area contributed by atoms with Crippen LogP contribution >= 0.6 is 0 Å². The van der Waals surface area contributed by atoms with Crippen molar-refractivity contribution in [2.75, 3.05) is 26.2 Å². The third kappa shape index (κ3) is 4.44. The van der Waals surface area contributed by atoms with Crippen LogP contribution in [0.25, 0.3) is 0 Å². The summed E-state index contributed by atoms with van der Waals surface area (Å²) in [5, 5.41) is 8.69. The molecule has 0 atom stereocenters. The van der Waals surface area contributed by atoms with E-state index >= 15 is 0 Å². The lowest BCUT2D eigenvalue weighted by atomic mass is 10.3. The molecular weight excluding hydrogens is 284 g/mol. The van der Waals surface area contributed by atoms with Gasteiger partial charge >= 0.3 is 6.03 Å². The third-order valence-corrected chi connectivity index (χ3v) is 3.03. The van der Waals surface area contributed by atoms with Gasteiger partial charge in [-0.05, 0) is 19.1 Å². The minimum Gasteiger partial charge on any atom is -0.357 e. The lowest BCUT2D eigenvalue weighted by Crippen LogP contribution is -2.43. The van der Waals surface area contributed by atoms with E-state index in [0.717, 1.165) is 12.2 Å². The Kier molecular flexibility index (Phi) is 5.70. The number of aromatic nitrogens is 1. The average Bonchev–Trinajstić information content (AvgIpc) is 2.85. The van der Waals surface area contributed by atoms with E-state index in [9.17, 15) is 9.59 Å². The molecule has 2 heterocycles. The third-order valence-electron chi connectivity index (χ3n) is 3.03. The van der Waals surface area contributed by atoms with E-state index in [2.05, 4.69) is 25.9 Å². The summed E-state index contributed by atoms with van der Waals surface area (Å²) in [6.45, 7) is 3.96. The van der Waals surface area contributed by atoms with Crippen molar-refractivity contribution in [3.63, 3.8) is 0 Å². The predicted octanol–water partition coefficient (Wildman–Crippen LogP) is -0.311. The van der Waals surface area contributed by atoms with Gasteiger partial charge in [-0.1, -0.05) is 6.07 Å². The number of amides is 3. The number of imide groups is 1. The van der Waals surface area contributed by atoms with Gasteiger partial charge in [0.15, 0.2) is 5.96 Å². The van der Waals surface area contributed by atoms with E-state index in [-0.39, 0.29) is 18.5 Å². The van der Waals surface area contributed by atoms with Crippen molar-refractivity contribution >= 4 is 17.9 Å². The standard InChI is InChI=1S/C14H20N6O2/c1-2-15-13(18-9-11-5-3-4-6-16-11)17-7-8-20-12(21)10-19-14(20)22/h3-6H,2,7-10H2,1H3,(H,19,22)(H2,15,17,18). The van der Waals surface area contributed by atoms with Gasteiger partial charge in [0, 0.05) is 25.8 Å². The quantitative estimate of drug-likeness (QED) is 0.380. The molecular formula is C14H20N6O2. The summed E-state index contributed by atoms with van der Waals surface area (Å²) in [6.07, 6.45) is 1.73. The number of hydrogen-bond donors (Lipinski definition) is 3. The first kappa shape index (κ1) is 15.7. The second-order valence-electron chi connectivity index (χ2n) is 4.65. The first-order valence-corrected chi connectivity index (χ1v) is 7.21. The van der Waals surface area contributed by atoms with Crippen LogP contribution in [-0.4, -0.2) is 54.0 Å². The second-order valence-corrected chi connectivity index (χ2v) is 4.65. The fourth-order valence-electron chi connectivity index (χ4n) is 1.96. The Hall–Kier alpha value is -2.64. The number of guanidine groups is 1. The number of aliphatic imine (C=N–C) groups is 1. The van der Waals surface area contributed by atoms with Crippen LogP contribution in [0.15, 0.2) is 29.4 Å². The number of nitrogens with one attached hydrogen (secondary N) is 3. The van der Waals surface area contributed by atoms with Crippen LogP contribution in [0.4, 0.5) is 4.79 Å². The van der Waals surface area contributed by atoms with Gasteiger partial charge in [-0.3, -0.25) is 14.7 Å². The predicted molar refractivity (Wildman–Crippen MR) is 82.2 cm³/mol. The van der Waals surface area contributed by atoms with Gasteiger partial charge in [0.25, 0.3) is 0 Å². The van der Waals surface area contributed by atoms with Crippen molar-refractivity contribution in [1.29, 1.82) is 0 Å². The van der Waals surface area contributed by atoms with E-state index in [1.165, 1.54) is 4.90 Å². The van der Waals surface area contributed by atoms with Crippen LogP contribution in [-0.2, 0) is 11.3 Å². The molecule has 0 aliphatic carbocycles. The number of carbonyl (C=O) groups excluding carboxylic acids is 2. The summed E-state index contributed by atoms with van der Waals surface area (Å²) in [5.41, 5.74) is 0.869. The van der Waals surface area contributed by atoms with Crippen molar-refractivity contribution in [3.05, 3.63) is 30.1 Å². The van der Waals surface area contributed by atoms with Crippen LogP contribution in [0.1, 0.15) is 12.6 Å². The molecule has 1 aromatic heterocycles. The summed E-state index contributed by atoms with van der Waals surface area (Å²) in [7, 11) is 0. The maximum atomic E-state index is 11.5. The second kappa shape index (κ2) is 7.96. The molecule has 8 nitrogen and oxygen atoms in total. The van der Waals surface area contributed by atoms with Crippen LogP contribution in [0, 0.1) is 0 Å². The molecule has 1 aliphatic rings. The molecule has 1 saturated heterocycles. The Labute approximate surface area is 129 Å². The van der Waals surface area contributed by atoms with Gasteiger partial charge in [-0.25, -0.2) is 9.79 Å². The summed E-state index contributed by atoms with van der Waals surface area (Å²) in [6, 6.07) is 5.33. The molecule has 22 heavy (non-hydrogen) atoms. The summed E-state index contributed by atoms with van der Waals surface area (Å²) < 4.78 is 0. The summed E-state index contributed by atoms with van der Waals surface area (Å²) in [4.78, 5) is 32.7. The number of hydrogen-bond acceptors (Lipinski definition) is 4. The molecule has 3 amide bonds. The monoisotopic (exact) mass is 304 g/mol. The molecule has 0 saturated carbocycles. The largest absolute Gasteiger partial charge is 0.357 e. The van der Waals surface area contributed by atoms with E-state index in [1.54, 1.807) is 6.20 Å². The molecule has 0 aromatic carbocycles. The molecule has 8 heteroatoms. The molecule has 0 radical (unpaired) electrons. The average molecular weight is 304 g/mol. The van der Waals surface area contributed by atoms with Gasteiger partial charge in [0.05, 0.1) is 18.8 Å². The molecule has 0 bridgehead atoms. The summed E-state index contributed by atoms with van der Waals surface area (Å²) >= 11 is 0. The van der Waals surface area contributed by atoms with E-state index in [1.807, 2.05) is 25.1 Å². The molecule has 0 spiro atoms. The smallest absolute Gasteiger partial charge is 0.324 e. The van der Waals surface area contributed by atoms with Crippen LogP contribution in [0.3, 0.4) is 0 Å². The highest BCUT2D eigenvalue weighted by molar-refractivity contribution is 6.01. The van der Waals surface area contributed by atoms with Crippen molar-refractivity contribution in [2.24, 2.45) is 4.99 Å². The van der Waals surface area contributed by atoms with Gasteiger partial charge in [0.2, 0.25) is 5.91 Å². The van der Waals surface area contributed by atoms with E-state index in [0.29, 0.717) is 25.6 Å². The topological polar surface area (TPSA) is 98.7 Å². The zero-order valence-electron chi connectivity index (χ0n) is 12.5. The van der Waals surface area contributed by atoms with E-state index in [4.69, 9.17) is 0 Å². The van der Waals surface area contributed by atoms with Gasteiger partial charge < -0.3 is 16.0 Å². The molecule has 1 aromatic rings. The Morgan fingerprint density at radius 2 is 2.27 bits per heavy atom. The minimum atomic E-state index is -0.345. The molecule has 118 valence electrons. The highest BCUT2D eigenvalue weighted by atomic mass is 16.2. The minimum absolute atomic E-state index is 0.0761. The Balaban J connectivity index is 1.83. The van der Waals surface area contributed by atoms with Crippen LogP contribution < -0.4 is 16.0 Å². The number of nitrogens with zero attached hydrogens (tertiary/aromatic N) is 3. The Morgan fingerprint density at radius 1 is 1.41 bits per heavy atom. The van der Waals surface area contributed by atoms with Crippen molar-refractivity contribution in [3.8, 4) is 0 Å². The zero-order valence-corrected chi connectivity index (χ0v) is 12.5. The van der Waals surface area contributed by atoms with E-state index < -0.39 is 0 Å². The lowest BCUT2D eigenvalue weighted by Gasteiger charge is -2.15. The molecule has 1 aliphatic heterocycles. The first-order valence-electron chi connectivity index (χ1n) is 7.21. The van der Waals surface area contributed by atoms with Crippen LogP contribution in [0.2, 0.25) is 0 Å². The van der Waals surface area contributed by atoms with Crippen molar-refractivity contribution < 1.29 is 9.59 Å². The van der Waals surface area contributed by atoms with Gasteiger partial charge in [0.1, 0.15) is 0 Å². The fourth-order valence-corrected chi connectivity index (χ4v) is 1.96. The molecule has 0 unspecified atom stereocenters. The number of pyridine rings is 1. The lowest BCUT2D eigenvalue weighted by molar-refractivity contribution is -0.124.